The zero-order chi connectivity index (χ0) is 13.1. The van der Waals surface area contributed by atoms with E-state index >= 15 is 0 Å². The highest BCUT2D eigenvalue weighted by atomic mass is 32.2. The van der Waals surface area contributed by atoms with Crippen LogP contribution in [-0.4, -0.2) is 10.2 Å². The summed E-state index contributed by atoms with van der Waals surface area (Å²) in [5.41, 5.74) is 2.60. The molecule has 2 nitrogen and oxygen atoms in total. The van der Waals surface area contributed by atoms with Gasteiger partial charge in [0.05, 0.1) is 6.20 Å². The molecule has 19 heavy (non-hydrogen) atoms. The van der Waals surface area contributed by atoms with Crippen molar-refractivity contribution in [3.05, 3.63) is 65.9 Å². The van der Waals surface area contributed by atoms with Gasteiger partial charge < -0.3 is 0 Å². The second-order valence-electron chi connectivity index (χ2n) is 4.51. The molecule has 0 radical (unpaired) electrons. The number of aromatic nitrogens is 2. The fourth-order valence-electron chi connectivity index (χ4n) is 1.94. The van der Waals surface area contributed by atoms with Crippen LogP contribution in [0.1, 0.15) is 11.1 Å². The third kappa shape index (κ3) is 2.76. The van der Waals surface area contributed by atoms with E-state index in [-0.39, 0.29) is 0 Å². The standard InChI is InChI=1S/C16H14N2S/c1-12-6-8-13(9-7-12)11-19-16-15-5-3-2-4-14(15)10-17-18-16/h2-10H,11H2,1H3. The van der Waals surface area contributed by atoms with Gasteiger partial charge in [0.1, 0.15) is 5.03 Å². The predicted molar refractivity (Wildman–Crippen MR) is 80.3 cm³/mol. The highest BCUT2D eigenvalue weighted by Gasteiger charge is 2.04. The highest BCUT2D eigenvalue weighted by Crippen LogP contribution is 2.27. The van der Waals surface area contributed by atoms with Crippen molar-refractivity contribution in [3.8, 4) is 0 Å². The van der Waals surface area contributed by atoms with Crippen molar-refractivity contribution in [2.75, 3.05) is 0 Å². The van der Waals surface area contributed by atoms with E-state index in [9.17, 15) is 0 Å². The molecule has 0 N–H and O–H groups in total. The van der Waals surface area contributed by atoms with Crippen molar-refractivity contribution in [1.82, 2.24) is 10.2 Å². The van der Waals surface area contributed by atoms with Crippen molar-refractivity contribution in [3.63, 3.8) is 0 Å². The summed E-state index contributed by atoms with van der Waals surface area (Å²) >= 11 is 1.74. The molecule has 1 aromatic heterocycles. The molecule has 0 fully saturated rings. The molecule has 94 valence electrons. The number of rotatable bonds is 3. The highest BCUT2D eigenvalue weighted by molar-refractivity contribution is 7.98. The maximum atomic E-state index is 4.25. The van der Waals surface area contributed by atoms with Gasteiger partial charge in [-0.3, -0.25) is 0 Å². The molecule has 3 rings (SSSR count). The molecule has 0 saturated carbocycles. The minimum atomic E-state index is 0.920. The lowest BCUT2D eigenvalue weighted by molar-refractivity contribution is 0.955. The van der Waals surface area contributed by atoms with E-state index in [1.165, 1.54) is 16.5 Å². The van der Waals surface area contributed by atoms with E-state index < -0.39 is 0 Å². The van der Waals surface area contributed by atoms with Gasteiger partial charge in [-0.25, -0.2) is 0 Å². The summed E-state index contributed by atoms with van der Waals surface area (Å²) in [6.45, 7) is 2.10. The lowest BCUT2D eigenvalue weighted by atomic mass is 10.2. The maximum absolute atomic E-state index is 4.25. The SMILES string of the molecule is Cc1ccc(CSc2nncc3ccccc23)cc1. The Morgan fingerprint density at radius 2 is 1.79 bits per heavy atom. The monoisotopic (exact) mass is 266 g/mol. The Bertz CT molecular complexity index is 687. The van der Waals surface area contributed by atoms with Gasteiger partial charge >= 0.3 is 0 Å². The molecule has 3 heteroatoms. The van der Waals surface area contributed by atoms with Crippen LogP contribution in [0.25, 0.3) is 10.8 Å². The molecule has 0 unspecified atom stereocenters. The minimum Gasteiger partial charge on any atom is -0.157 e. The zero-order valence-electron chi connectivity index (χ0n) is 10.7. The van der Waals surface area contributed by atoms with Crippen molar-refractivity contribution in [1.29, 1.82) is 0 Å². The second kappa shape index (κ2) is 5.41. The van der Waals surface area contributed by atoms with Gasteiger partial charge in [0.15, 0.2) is 0 Å². The van der Waals surface area contributed by atoms with Crippen molar-refractivity contribution < 1.29 is 0 Å². The number of hydrogen-bond acceptors (Lipinski definition) is 3. The Morgan fingerprint density at radius 1 is 1.00 bits per heavy atom. The van der Waals surface area contributed by atoms with E-state index in [1.54, 1.807) is 11.8 Å². The fourth-order valence-corrected chi connectivity index (χ4v) is 2.89. The Labute approximate surface area is 116 Å². The Hall–Kier alpha value is -1.87. The number of hydrogen-bond donors (Lipinski definition) is 0. The molecular weight excluding hydrogens is 252 g/mol. The molecule has 0 spiro atoms. The lowest BCUT2D eigenvalue weighted by Gasteiger charge is -2.04. The summed E-state index contributed by atoms with van der Waals surface area (Å²) in [4.78, 5) is 0. The minimum absolute atomic E-state index is 0.920. The van der Waals surface area contributed by atoms with Crippen LogP contribution in [0.2, 0.25) is 0 Å². The average Bonchev–Trinajstić information content (AvgIpc) is 2.47. The van der Waals surface area contributed by atoms with E-state index in [1.807, 2.05) is 18.3 Å². The molecule has 0 amide bonds. The van der Waals surface area contributed by atoms with E-state index in [4.69, 9.17) is 0 Å². The van der Waals surface area contributed by atoms with Gasteiger partial charge in [-0.15, -0.1) is 5.10 Å². The molecule has 0 saturated heterocycles. The summed E-state index contributed by atoms with van der Waals surface area (Å²) in [7, 11) is 0. The molecule has 3 aromatic rings. The Kier molecular flexibility index (Phi) is 3.47. The predicted octanol–water partition coefficient (Wildman–Crippen LogP) is 4.23. The second-order valence-corrected chi connectivity index (χ2v) is 5.48. The summed E-state index contributed by atoms with van der Waals surface area (Å²) in [6, 6.07) is 16.9. The number of nitrogens with zero attached hydrogens (tertiary/aromatic N) is 2. The first-order valence-corrected chi connectivity index (χ1v) is 7.20. The normalized spacial score (nSPS) is 10.8. The molecule has 2 aromatic carbocycles. The van der Waals surface area contributed by atoms with Crippen LogP contribution < -0.4 is 0 Å². The topological polar surface area (TPSA) is 25.8 Å². The zero-order valence-corrected chi connectivity index (χ0v) is 11.5. The van der Waals surface area contributed by atoms with E-state index in [0.29, 0.717) is 0 Å². The van der Waals surface area contributed by atoms with E-state index in [2.05, 4.69) is 53.5 Å². The summed E-state index contributed by atoms with van der Waals surface area (Å²) in [5, 5.41) is 11.6. The summed E-state index contributed by atoms with van der Waals surface area (Å²) < 4.78 is 0. The third-order valence-electron chi connectivity index (χ3n) is 3.03. The van der Waals surface area contributed by atoms with E-state index in [0.717, 1.165) is 16.2 Å². The van der Waals surface area contributed by atoms with Crippen molar-refractivity contribution >= 4 is 22.5 Å². The fraction of sp³-hybridized carbons (Fsp3) is 0.125. The number of aryl methyl sites for hydroxylation is 1. The molecule has 0 atom stereocenters. The van der Waals surface area contributed by atoms with Gasteiger partial charge in [0.25, 0.3) is 0 Å². The Morgan fingerprint density at radius 3 is 2.63 bits per heavy atom. The van der Waals surface area contributed by atoms with Crippen LogP contribution in [0.4, 0.5) is 0 Å². The molecule has 0 aliphatic carbocycles. The van der Waals surface area contributed by atoms with Crippen LogP contribution >= 0.6 is 11.8 Å². The molecule has 0 aliphatic rings. The van der Waals surface area contributed by atoms with Crippen LogP contribution in [0.15, 0.2) is 59.8 Å². The number of fused-ring (bicyclic) bond motifs is 1. The van der Waals surface area contributed by atoms with Gasteiger partial charge in [0, 0.05) is 16.5 Å². The third-order valence-corrected chi connectivity index (χ3v) is 4.09. The van der Waals surface area contributed by atoms with Gasteiger partial charge in [-0.05, 0) is 12.5 Å². The summed E-state index contributed by atoms with van der Waals surface area (Å²) in [5.74, 6) is 0.920. The van der Waals surface area contributed by atoms with Gasteiger partial charge in [0.2, 0.25) is 0 Å². The van der Waals surface area contributed by atoms with Crippen LogP contribution in [0.5, 0.6) is 0 Å². The quantitative estimate of drug-likeness (QED) is 0.663. The Balaban J connectivity index is 1.84. The molecule has 0 bridgehead atoms. The first kappa shape index (κ1) is 12.2. The lowest BCUT2D eigenvalue weighted by Crippen LogP contribution is -1.88. The molecular formula is C16H14N2S. The van der Waals surface area contributed by atoms with Gasteiger partial charge in [-0.2, -0.15) is 5.10 Å². The molecule has 1 heterocycles. The van der Waals surface area contributed by atoms with Crippen LogP contribution in [-0.2, 0) is 5.75 Å². The van der Waals surface area contributed by atoms with Crippen LogP contribution in [0, 0.1) is 6.92 Å². The molecule has 0 aliphatic heterocycles. The smallest absolute Gasteiger partial charge is 0.127 e. The van der Waals surface area contributed by atoms with Crippen molar-refractivity contribution in [2.45, 2.75) is 17.7 Å². The maximum Gasteiger partial charge on any atom is 0.127 e. The van der Waals surface area contributed by atoms with Crippen LogP contribution in [0.3, 0.4) is 0 Å². The number of benzene rings is 2. The number of thioether (sulfide) groups is 1. The first-order valence-electron chi connectivity index (χ1n) is 6.22. The van der Waals surface area contributed by atoms with Crippen molar-refractivity contribution in [2.24, 2.45) is 0 Å². The summed E-state index contributed by atoms with van der Waals surface area (Å²) in [6.07, 6.45) is 1.81. The largest absolute Gasteiger partial charge is 0.157 e. The first-order chi connectivity index (χ1) is 9.33. The average molecular weight is 266 g/mol. The van der Waals surface area contributed by atoms with Gasteiger partial charge in [-0.1, -0.05) is 65.9 Å².